The normalized spacial score (nSPS) is 10.5. The zero-order valence-corrected chi connectivity index (χ0v) is 9.87. The summed E-state index contributed by atoms with van der Waals surface area (Å²) < 4.78 is 5.33. The van der Waals surface area contributed by atoms with Crippen molar-refractivity contribution in [1.29, 1.82) is 0 Å². The highest BCUT2D eigenvalue weighted by molar-refractivity contribution is 5.97. The van der Waals surface area contributed by atoms with Gasteiger partial charge in [-0.3, -0.25) is 9.97 Å². The van der Waals surface area contributed by atoms with Crippen LogP contribution in [0.3, 0.4) is 0 Å². The number of hydrogen-bond donors (Lipinski definition) is 0. The Morgan fingerprint density at radius 2 is 1.89 bits per heavy atom. The summed E-state index contributed by atoms with van der Waals surface area (Å²) in [5, 5.41) is 2.11. The zero-order valence-electron chi connectivity index (χ0n) is 9.87. The third kappa shape index (κ3) is 1.68. The molecule has 0 spiro atoms. The predicted octanol–water partition coefficient (Wildman–Crippen LogP) is 2.70. The number of hydrogen-bond acceptors (Lipinski definition) is 4. The molecule has 3 aromatic rings. The summed E-state index contributed by atoms with van der Waals surface area (Å²) in [5.41, 5.74) is 1.64. The molecule has 4 nitrogen and oxygen atoms in total. The number of nitrogens with zero attached hydrogens (tertiary/aromatic N) is 3. The van der Waals surface area contributed by atoms with Gasteiger partial charge in [0.25, 0.3) is 0 Å². The zero-order chi connectivity index (χ0) is 12.4. The Balaban J connectivity index is 2.38. The van der Waals surface area contributed by atoms with Crippen LogP contribution in [0.15, 0.2) is 49.1 Å². The molecule has 1 aromatic carbocycles. The van der Waals surface area contributed by atoms with Crippen molar-refractivity contribution in [3.05, 3.63) is 49.1 Å². The first-order valence-corrected chi connectivity index (χ1v) is 5.58. The molecule has 0 saturated carbocycles. The van der Waals surface area contributed by atoms with E-state index in [1.54, 1.807) is 31.9 Å². The third-order valence-corrected chi connectivity index (χ3v) is 2.78. The molecule has 0 aliphatic rings. The second-order valence-corrected chi connectivity index (χ2v) is 3.82. The molecule has 18 heavy (non-hydrogen) atoms. The monoisotopic (exact) mass is 237 g/mol. The van der Waals surface area contributed by atoms with Crippen LogP contribution in [0.1, 0.15) is 0 Å². The number of aromatic nitrogens is 3. The van der Waals surface area contributed by atoms with Crippen molar-refractivity contribution in [1.82, 2.24) is 15.0 Å². The van der Waals surface area contributed by atoms with E-state index in [1.165, 1.54) is 0 Å². The summed E-state index contributed by atoms with van der Waals surface area (Å²) in [6.45, 7) is 0. The highest BCUT2D eigenvalue weighted by atomic mass is 16.5. The minimum Gasteiger partial charge on any atom is -0.480 e. The molecule has 0 N–H and O–H groups in total. The van der Waals surface area contributed by atoms with Gasteiger partial charge in [-0.05, 0) is 5.39 Å². The summed E-state index contributed by atoms with van der Waals surface area (Å²) in [7, 11) is 1.61. The van der Waals surface area contributed by atoms with Crippen LogP contribution in [0.5, 0.6) is 5.88 Å². The van der Waals surface area contributed by atoms with E-state index in [9.17, 15) is 0 Å². The van der Waals surface area contributed by atoms with Gasteiger partial charge in [-0.2, -0.15) is 0 Å². The smallest absolute Gasteiger partial charge is 0.223 e. The maximum atomic E-state index is 5.33. The lowest BCUT2D eigenvalue weighted by Gasteiger charge is -2.09. The van der Waals surface area contributed by atoms with Gasteiger partial charge >= 0.3 is 0 Å². The molecule has 0 atom stereocenters. The standard InChI is InChI=1S/C14H11N3O/c1-18-14-13(12-9-15-6-7-16-12)11-5-3-2-4-10(11)8-17-14/h2-9H,1H3. The minimum absolute atomic E-state index is 0.564. The third-order valence-electron chi connectivity index (χ3n) is 2.78. The SMILES string of the molecule is COc1ncc2ccccc2c1-c1cnccn1. The Hall–Kier alpha value is -2.49. The van der Waals surface area contributed by atoms with Crippen molar-refractivity contribution in [2.45, 2.75) is 0 Å². The second-order valence-electron chi connectivity index (χ2n) is 3.82. The number of benzene rings is 1. The molecule has 0 unspecified atom stereocenters. The lowest BCUT2D eigenvalue weighted by molar-refractivity contribution is 0.400. The van der Waals surface area contributed by atoms with Crippen LogP contribution in [-0.4, -0.2) is 22.1 Å². The Morgan fingerprint density at radius 1 is 1.00 bits per heavy atom. The van der Waals surface area contributed by atoms with Gasteiger partial charge in [0.05, 0.1) is 24.6 Å². The number of pyridine rings is 1. The van der Waals surface area contributed by atoms with Crippen LogP contribution >= 0.6 is 0 Å². The van der Waals surface area contributed by atoms with Gasteiger partial charge in [-0.25, -0.2) is 4.98 Å². The molecular formula is C14H11N3O. The fourth-order valence-electron chi connectivity index (χ4n) is 1.98. The number of ether oxygens (including phenoxy) is 1. The van der Waals surface area contributed by atoms with Crippen molar-refractivity contribution in [2.75, 3.05) is 7.11 Å². The van der Waals surface area contributed by atoms with E-state index in [2.05, 4.69) is 15.0 Å². The first-order valence-electron chi connectivity index (χ1n) is 5.58. The summed E-state index contributed by atoms with van der Waals surface area (Å²) in [6.07, 6.45) is 6.82. The first kappa shape index (κ1) is 10.7. The van der Waals surface area contributed by atoms with Gasteiger partial charge < -0.3 is 4.74 Å². The molecule has 3 rings (SSSR count). The molecule has 2 heterocycles. The quantitative estimate of drug-likeness (QED) is 0.687. The van der Waals surface area contributed by atoms with Crippen LogP contribution < -0.4 is 4.74 Å². The number of fused-ring (bicyclic) bond motifs is 1. The van der Waals surface area contributed by atoms with Gasteiger partial charge in [-0.1, -0.05) is 24.3 Å². The fourth-order valence-corrected chi connectivity index (χ4v) is 1.98. The Bertz CT molecular complexity index is 683. The van der Waals surface area contributed by atoms with Crippen molar-refractivity contribution < 1.29 is 4.74 Å². The van der Waals surface area contributed by atoms with Crippen LogP contribution in [0, 0.1) is 0 Å². The lowest BCUT2D eigenvalue weighted by Crippen LogP contribution is -1.94. The summed E-state index contributed by atoms with van der Waals surface area (Å²) >= 11 is 0. The maximum absolute atomic E-state index is 5.33. The highest BCUT2D eigenvalue weighted by Gasteiger charge is 2.12. The average molecular weight is 237 g/mol. The van der Waals surface area contributed by atoms with E-state index in [0.717, 1.165) is 22.0 Å². The summed E-state index contributed by atoms with van der Waals surface area (Å²) in [6, 6.07) is 8.02. The molecule has 2 aromatic heterocycles. The molecule has 0 aliphatic carbocycles. The van der Waals surface area contributed by atoms with Crippen LogP contribution in [0.2, 0.25) is 0 Å². The molecule has 88 valence electrons. The molecule has 0 radical (unpaired) electrons. The molecule has 0 amide bonds. The van der Waals surface area contributed by atoms with Crippen LogP contribution in [0.25, 0.3) is 22.0 Å². The van der Waals surface area contributed by atoms with Crippen molar-refractivity contribution >= 4 is 10.8 Å². The summed E-state index contributed by atoms with van der Waals surface area (Å²) in [5.74, 6) is 0.564. The van der Waals surface area contributed by atoms with E-state index in [4.69, 9.17) is 4.74 Å². The number of rotatable bonds is 2. The molecular weight excluding hydrogens is 226 g/mol. The average Bonchev–Trinajstić information content (AvgIpc) is 2.47. The highest BCUT2D eigenvalue weighted by Crippen LogP contribution is 2.33. The molecule has 4 heteroatoms. The first-order chi connectivity index (χ1) is 8.90. The second kappa shape index (κ2) is 4.41. The van der Waals surface area contributed by atoms with Crippen molar-refractivity contribution in [2.24, 2.45) is 0 Å². The largest absolute Gasteiger partial charge is 0.480 e. The molecule has 0 fully saturated rings. The molecule has 0 bridgehead atoms. The van der Waals surface area contributed by atoms with Gasteiger partial charge in [0.15, 0.2) is 0 Å². The lowest BCUT2D eigenvalue weighted by atomic mass is 10.1. The van der Waals surface area contributed by atoms with Crippen molar-refractivity contribution in [3.8, 4) is 17.1 Å². The van der Waals surface area contributed by atoms with E-state index >= 15 is 0 Å². The Kier molecular flexibility index (Phi) is 2.61. The Labute approximate surface area is 104 Å². The van der Waals surface area contributed by atoms with Crippen LogP contribution in [-0.2, 0) is 0 Å². The topological polar surface area (TPSA) is 47.9 Å². The van der Waals surface area contributed by atoms with Gasteiger partial charge in [0.2, 0.25) is 5.88 Å². The Morgan fingerprint density at radius 3 is 2.67 bits per heavy atom. The van der Waals surface area contributed by atoms with E-state index in [-0.39, 0.29) is 0 Å². The van der Waals surface area contributed by atoms with Gasteiger partial charge in [0, 0.05) is 24.0 Å². The van der Waals surface area contributed by atoms with Gasteiger partial charge in [0.1, 0.15) is 0 Å². The minimum atomic E-state index is 0.564. The number of methoxy groups -OCH3 is 1. The van der Waals surface area contributed by atoms with Crippen molar-refractivity contribution in [3.63, 3.8) is 0 Å². The van der Waals surface area contributed by atoms with E-state index < -0.39 is 0 Å². The predicted molar refractivity (Wildman–Crippen MR) is 69.3 cm³/mol. The van der Waals surface area contributed by atoms with E-state index in [0.29, 0.717) is 5.88 Å². The summed E-state index contributed by atoms with van der Waals surface area (Å²) in [4.78, 5) is 12.7. The molecule has 0 saturated heterocycles. The van der Waals surface area contributed by atoms with E-state index in [1.807, 2.05) is 24.3 Å². The van der Waals surface area contributed by atoms with Crippen LogP contribution in [0.4, 0.5) is 0 Å². The maximum Gasteiger partial charge on any atom is 0.223 e. The molecule has 0 aliphatic heterocycles. The van der Waals surface area contributed by atoms with Gasteiger partial charge in [-0.15, -0.1) is 0 Å². The fraction of sp³-hybridized carbons (Fsp3) is 0.0714.